The van der Waals surface area contributed by atoms with Crippen LogP contribution in [-0.2, 0) is 0 Å². The number of unbranched alkanes of at least 4 members (excludes halogenated alkanes) is 8. The molecule has 2 N–H and O–H groups in total. The van der Waals surface area contributed by atoms with E-state index in [1.54, 1.807) is 0 Å². The van der Waals surface area contributed by atoms with Gasteiger partial charge in [-0.3, -0.25) is 4.99 Å². The van der Waals surface area contributed by atoms with Crippen molar-refractivity contribution in [2.75, 3.05) is 13.1 Å². The largest absolute Gasteiger partial charge is 0.329 e. The first kappa shape index (κ1) is 14.6. The highest BCUT2D eigenvalue weighted by molar-refractivity contribution is 5.56. The number of aliphatic imine (C=N–C) groups is 1. The van der Waals surface area contributed by atoms with Gasteiger partial charge in [0.05, 0.1) is 6.54 Å². The van der Waals surface area contributed by atoms with Gasteiger partial charge in [-0.1, -0.05) is 51.9 Å². The lowest BCUT2D eigenvalue weighted by atomic mass is 10.1. The molecule has 0 aliphatic carbocycles. The molecule has 0 spiro atoms. The Kier molecular flexibility index (Phi) is 13.3. The molecule has 0 radical (unpaired) electrons. The van der Waals surface area contributed by atoms with E-state index in [9.17, 15) is 0 Å². The molecule has 0 bridgehead atoms. The predicted octanol–water partition coefficient (Wildman–Crippen LogP) is 3.55. The summed E-state index contributed by atoms with van der Waals surface area (Å²) in [6.45, 7) is 3.73. The van der Waals surface area contributed by atoms with Crippen LogP contribution >= 0.6 is 0 Å². The number of rotatable bonds is 11. The topological polar surface area (TPSA) is 38.4 Å². The van der Waals surface area contributed by atoms with Crippen LogP contribution in [0.15, 0.2) is 4.99 Å². The van der Waals surface area contributed by atoms with Gasteiger partial charge in [0, 0.05) is 6.54 Å². The summed E-state index contributed by atoms with van der Waals surface area (Å²) in [6, 6.07) is 0. The smallest absolute Gasteiger partial charge is 0.0508 e. The molecule has 0 rings (SSSR count). The van der Waals surface area contributed by atoms with E-state index in [1.807, 2.05) is 6.21 Å². The zero-order valence-corrected chi connectivity index (χ0v) is 10.4. The van der Waals surface area contributed by atoms with E-state index in [-0.39, 0.29) is 0 Å². The van der Waals surface area contributed by atoms with Crippen molar-refractivity contribution in [3.8, 4) is 0 Å². The van der Waals surface area contributed by atoms with E-state index in [1.165, 1.54) is 51.4 Å². The average molecular weight is 212 g/mol. The van der Waals surface area contributed by atoms with Gasteiger partial charge in [0.25, 0.3) is 0 Å². The third kappa shape index (κ3) is 13.6. The van der Waals surface area contributed by atoms with E-state index < -0.39 is 0 Å². The van der Waals surface area contributed by atoms with Crippen LogP contribution in [0, 0.1) is 0 Å². The zero-order chi connectivity index (χ0) is 11.2. The quantitative estimate of drug-likeness (QED) is 0.413. The summed E-state index contributed by atoms with van der Waals surface area (Å²) in [5, 5.41) is 0. The van der Waals surface area contributed by atoms with E-state index >= 15 is 0 Å². The van der Waals surface area contributed by atoms with E-state index in [4.69, 9.17) is 5.73 Å². The fourth-order valence-corrected chi connectivity index (χ4v) is 1.63. The molecule has 90 valence electrons. The standard InChI is InChI=1S/C13H28N2/c1-2-3-4-5-6-7-8-9-10-12-15-13-11-14/h12H,2-11,13-14H2,1H3. The van der Waals surface area contributed by atoms with Crippen LogP contribution in [0.4, 0.5) is 0 Å². The molecule has 0 aromatic heterocycles. The highest BCUT2D eigenvalue weighted by atomic mass is 14.7. The van der Waals surface area contributed by atoms with Gasteiger partial charge >= 0.3 is 0 Å². The molecule has 15 heavy (non-hydrogen) atoms. The van der Waals surface area contributed by atoms with Crippen molar-refractivity contribution < 1.29 is 0 Å². The van der Waals surface area contributed by atoms with Crippen LogP contribution in [-0.4, -0.2) is 19.3 Å². The molecule has 0 aliphatic rings. The molecule has 0 saturated heterocycles. The summed E-state index contributed by atoms with van der Waals surface area (Å²) in [6.07, 6.45) is 14.2. The molecule has 0 saturated carbocycles. The Morgan fingerprint density at radius 2 is 1.53 bits per heavy atom. The van der Waals surface area contributed by atoms with Gasteiger partial charge in [-0.2, -0.15) is 0 Å². The molecule has 0 heterocycles. The molecule has 0 aromatic rings. The summed E-state index contributed by atoms with van der Waals surface area (Å²) in [5.41, 5.74) is 5.34. The minimum Gasteiger partial charge on any atom is -0.329 e. The Bertz CT molecular complexity index is 132. The zero-order valence-electron chi connectivity index (χ0n) is 10.4. The van der Waals surface area contributed by atoms with Gasteiger partial charge in [0.1, 0.15) is 0 Å². The second-order valence-corrected chi connectivity index (χ2v) is 4.14. The molecule has 0 unspecified atom stereocenters. The fraction of sp³-hybridized carbons (Fsp3) is 0.923. The molecule has 0 amide bonds. The van der Waals surface area contributed by atoms with Crippen LogP contribution in [0.25, 0.3) is 0 Å². The van der Waals surface area contributed by atoms with Crippen molar-refractivity contribution in [3.05, 3.63) is 0 Å². The number of nitrogens with two attached hydrogens (primary N) is 1. The van der Waals surface area contributed by atoms with E-state index in [0.29, 0.717) is 6.54 Å². The molecular weight excluding hydrogens is 184 g/mol. The summed E-state index contributed by atoms with van der Waals surface area (Å²) < 4.78 is 0. The van der Waals surface area contributed by atoms with Gasteiger partial charge < -0.3 is 5.73 Å². The van der Waals surface area contributed by atoms with Gasteiger partial charge in [0.2, 0.25) is 0 Å². The molecule has 2 heteroatoms. The second-order valence-electron chi connectivity index (χ2n) is 4.14. The Labute approximate surface area is 95.4 Å². The van der Waals surface area contributed by atoms with Crippen molar-refractivity contribution in [3.63, 3.8) is 0 Å². The molecule has 0 fully saturated rings. The maximum atomic E-state index is 5.34. The lowest BCUT2D eigenvalue weighted by molar-refractivity contribution is 0.580. The lowest BCUT2D eigenvalue weighted by Gasteiger charge is -1.99. The third-order valence-electron chi connectivity index (χ3n) is 2.57. The maximum absolute atomic E-state index is 5.34. The molecule has 0 atom stereocenters. The summed E-state index contributed by atoms with van der Waals surface area (Å²) in [7, 11) is 0. The summed E-state index contributed by atoms with van der Waals surface area (Å²) in [4.78, 5) is 4.20. The molecule has 0 aromatic carbocycles. The van der Waals surface area contributed by atoms with Crippen LogP contribution in [0.5, 0.6) is 0 Å². The summed E-state index contributed by atoms with van der Waals surface area (Å²) >= 11 is 0. The minimum atomic E-state index is 0.675. The minimum absolute atomic E-state index is 0.675. The Morgan fingerprint density at radius 3 is 2.13 bits per heavy atom. The van der Waals surface area contributed by atoms with Crippen molar-refractivity contribution in [2.45, 2.75) is 64.7 Å². The first-order chi connectivity index (χ1) is 7.41. The van der Waals surface area contributed by atoms with Crippen molar-refractivity contribution in [1.82, 2.24) is 0 Å². The van der Waals surface area contributed by atoms with Gasteiger partial charge in [-0.15, -0.1) is 0 Å². The lowest BCUT2D eigenvalue weighted by Crippen LogP contribution is -2.02. The molecule has 0 aliphatic heterocycles. The highest BCUT2D eigenvalue weighted by Gasteiger charge is 1.90. The Morgan fingerprint density at radius 1 is 0.933 bits per heavy atom. The normalized spacial score (nSPS) is 11.3. The van der Waals surface area contributed by atoms with Crippen molar-refractivity contribution >= 4 is 6.21 Å². The second kappa shape index (κ2) is 13.6. The Hall–Kier alpha value is -0.370. The van der Waals surface area contributed by atoms with Gasteiger partial charge in [-0.05, 0) is 19.1 Å². The first-order valence-electron chi connectivity index (χ1n) is 6.60. The molecular formula is C13H28N2. The van der Waals surface area contributed by atoms with E-state index in [2.05, 4.69) is 11.9 Å². The van der Waals surface area contributed by atoms with Crippen molar-refractivity contribution in [2.24, 2.45) is 10.7 Å². The first-order valence-corrected chi connectivity index (χ1v) is 6.60. The van der Waals surface area contributed by atoms with Crippen LogP contribution < -0.4 is 5.73 Å². The summed E-state index contributed by atoms with van der Waals surface area (Å²) in [5.74, 6) is 0. The SMILES string of the molecule is CCCCCCCCCCC=NCCN. The number of hydrogen-bond donors (Lipinski definition) is 1. The van der Waals surface area contributed by atoms with Crippen LogP contribution in [0.1, 0.15) is 64.7 Å². The van der Waals surface area contributed by atoms with Gasteiger partial charge in [-0.25, -0.2) is 0 Å². The number of nitrogens with zero attached hydrogens (tertiary/aromatic N) is 1. The fourth-order valence-electron chi connectivity index (χ4n) is 1.63. The third-order valence-corrected chi connectivity index (χ3v) is 2.57. The molecule has 2 nitrogen and oxygen atoms in total. The average Bonchev–Trinajstić information content (AvgIpc) is 2.26. The van der Waals surface area contributed by atoms with Crippen LogP contribution in [0.2, 0.25) is 0 Å². The van der Waals surface area contributed by atoms with E-state index in [0.717, 1.165) is 13.0 Å². The van der Waals surface area contributed by atoms with Crippen molar-refractivity contribution in [1.29, 1.82) is 0 Å². The van der Waals surface area contributed by atoms with Gasteiger partial charge in [0.15, 0.2) is 0 Å². The predicted molar refractivity (Wildman–Crippen MR) is 69.6 cm³/mol. The Balaban J connectivity index is 2.92. The monoisotopic (exact) mass is 212 g/mol. The number of hydrogen-bond acceptors (Lipinski definition) is 2. The van der Waals surface area contributed by atoms with Crippen LogP contribution in [0.3, 0.4) is 0 Å². The highest BCUT2D eigenvalue weighted by Crippen LogP contribution is 2.08. The maximum Gasteiger partial charge on any atom is 0.0508 e.